The Balaban J connectivity index is 1.42. The maximum absolute atomic E-state index is 13.2. The molecule has 148 valence electrons. The largest absolute Gasteiger partial charge is 0.366 e. The molecular formula is C21H22FN7. The van der Waals surface area contributed by atoms with Gasteiger partial charge in [0.15, 0.2) is 5.65 Å². The molecule has 0 atom stereocenters. The molecule has 1 saturated carbocycles. The van der Waals surface area contributed by atoms with Crippen LogP contribution in [0.25, 0.3) is 22.6 Å². The summed E-state index contributed by atoms with van der Waals surface area (Å²) in [7, 11) is 0. The quantitative estimate of drug-likeness (QED) is 0.557. The molecule has 5 rings (SSSR count). The van der Waals surface area contributed by atoms with Gasteiger partial charge < -0.3 is 11.1 Å². The van der Waals surface area contributed by atoms with Gasteiger partial charge in [0.2, 0.25) is 0 Å². The predicted octanol–water partition coefficient (Wildman–Crippen LogP) is 3.40. The Bertz CT molecular complexity index is 1120. The summed E-state index contributed by atoms with van der Waals surface area (Å²) >= 11 is 0. The summed E-state index contributed by atoms with van der Waals surface area (Å²) in [6, 6.07) is 10.9. The summed E-state index contributed by atoms with van der Waals surface area (Å²) in [5.41, 5.74) is 9.30. The van der Waals surface area contributed by atoms with Crippen molar-refractivity contribution in [2.45, 2.75) is 37.8 Å². The fraction of sp³-hybridized carbons (Fsp3) is 0.286. The van der Waals surface area contributed by atoms with Crippen LogP contribution in [0.15, 0.2) is 55.0 Å². The SMILES string of the molecule is NC1CCC(Nc2ccc3ncc(-c4cnn(-c5ccc(F)cc5)c4)n3n2)CC1. The highest BCUT2D eigenvalue weighted by molar-refractivity contribution is 5.62. The van der Waals surface area contributed by atoms with Crippen LogP contribution in [-0.4, -0.2) is 36.5 Å². The molecule has 1 aliphatic rings. The smallest absolute Gasteiger partial charge is 0.154 e. The molecule has 3 aromatic heterocycles. The van der Waals surface area contributed by atoms with Crippen LogP contribution in [0.3, 0.4) is 0 Å². The first-order valence-corrected chi connectivity index (χ1v) is 9.83. The van der Waals surface area contributed by atoms with E-state index in [2.05, 4.69) is 15.4 Å². The molecule has 0 amide bonds. The van der Waals surface area contributed by atoms with Crippen LogP contribution in [0.1, 0.15) is 25.7 Å². The molecule has 0 spiro atoms. The number of imidazole rings is 1. The number of nitrogens with zero attached hydrogens (tertiary/aromatic N) is 5. The monoisotopic (exact) mass is 391 g/mol. The topological polar surface area (TPSA) is 86.1 Å². The average molecular weight is 391 g/mol. The summed E-state index contributed by atoms with van der Waals surface area (Å²) in [4.78, 5) is 4.46. The van der Waals surface area contributed by atoms with Crippen molar-refractivity contribution in [1.82, 2.24) is 24.4 Å². The maximum atomic E-state index is 13.2. The summed E-state index contributed by atoms with van der Waals surface area (Å²) in [5, 5.41) is 12.7. The zero-order chi connectivity index (χ0) is 19.8. The molecule has 3 N–H and O–H groups in total. The second kappa shape index (κ2) is 7.29. The molecule has 0 saturated heterocycles. The van der Waals surface area contributed by atoms with Crippen LogP contribution >= 0.6 is 0 Å². The zero-order valence-electron chi connectivity index (χ0n) is 15.9. The van der Waals surface area contributed by atoms with E-state index in [1.165, 1.54) is 12.1 Å². The molecular weight excluding hydrogens is 369 g/mol. The zero-order valence-corrected chi connectivity index (χ0v) is 15.9. The van der Waals surface area contributed by atoms with E-state index in [9.17, 15) is 4.39 Å². The number of rotatable bonds is 4. The molecule has 1 fully saturated rings. The van der Waals surface area contributed by atoms with Crippen molar-refractivity contribution in [3.63, 3.8) is 0 Å². The summed E-state index contributed by atoms with van der Waals surface area (Å²) < 4.78 is 16.7. The average Bonchev–Trinajstić information content (AvgIpc) is 3.37. The van der Waals surface area contributed by atoms with E-state index < -0.39 is 0 Å². The van der Waals surface area contributed by atoms with Gasteiger partial charge in [0, 0.05) is 23.8 Å². The number of nitrogens with one attached hydrogen (secondary N) is 1. The Hall–Kier alpha value is -3.26. The van der Waals surface area contributed by atoms with E-state index in [-0.39, 0.29) is 5.82 Å². The highest BCUT2D eigenvalue weighted by atomic mass is 19.1. The van der Waals surface area contributed by atoms with Crippen LogP contribution in [-0.2, 0) is 0 Å². The summed E-state index contributed by atoms with van der Waals surface area (Å²) in [5.74, 6) is 0.551. The Labute approximate surface area is 167 Å². The summed E-state index contributed by atoms with van der Waals surface area (Å²) in [6.45, 7) is 0. The molecule has 29 heavy (non-hydrogen) atoms. The normalized spacial score (nSPS) is 19.5. The van der Waals surface area contributed by atoms with Crippen molar-refractivity contribution in [2.75, 3.05) is 5.32 Å². The first-order valence-electron chi connectivity index (χ1n) is 9.83. The standard InChI is InChI=1S/C21H22FN7/c22-15-1-7-18(8-2-15)28-13-14(11-25-28)19-12-24-21-10-9-20(27-29(19)21)26-17-5-3-16(23)4-6-17/h1-2,7-13,16-17H,3-6,23H2,(H,26,27). The molecule has 7 nitrogen and oxygen atoms in total. The van der Waals surface area contributed by atoms with Crippen molar-refractivity contribution >= 4 is 11.5 Å². The number of fused-ring (bicyclic) bond motifs is 1. The third kappa shape index (κ3) is 3.58. The van der Waals surface area contributed by atoms with E-state index in [1.54, 1.807) is 29.2 Å². The highest BCUT2D eigenvalue weighted by Crippen LogP contribution is 2.24. The fourth-order valence-corrected chi connectivity index (χ4v) is 3.81. The minimum absolute atomic E-state index is 0.271. The second-order valence-corrected chi connectivity index (χ2v) is 7.54. The maximum Gasteiger partial charge on any atom is 0.154 e. The van der Waals surface area contributed by atoms with Gasteiger partial charge in [-0.3, -0.25) is 0 Å². The van der Waals surface area contributed by atoms with Gasteiger partial charge in [-0.2, -0.15) is 5.10 Å². The Kier molecular flexibility index (Phi) is 4.48. The minimum Gasteiger partial charge on any atom is -0.366 e. The lowest BCUT2D eigenvalue weighted by atomic mass is 9.92. The lowest BCUT2D eigenvalue weighted by molar-refractivity contribution is 0.410. The van der Waals surface area contributed by atoms with Gasteiger partial charge in [0.1, 0.15) is 11.6 Å². The van der Waals surface area contributed by atoms with Gasteiger partial charge in [-0.15, -0.1) is 5.10 Å². The Morgan fingerprint density at radius 2 is 1.79 bits per heavy atom. The number of nitrogens with two attached hydrogens (primary N) is 1. The fourth-order valence-electron chi connectivity index (χ4n) is 3.81. The van der Waals surface area contributed by atoms with Crippen molar-refractivity contribution in [1.29, 1.82) is 0 Å². The van der Waals surface area contributed by atoms with Gasteiger partial charge in [0.25, 0.3) is 0 Å². The number of aromatic nitrogens is 5. The predicted molar refractivity (Wildman–Crippen MR) is 109 cm³/mol. The third-order valence-electron chi connectivity index (χ3n) is 5.46. The van der Waals surface area contributed by atoms with Crippen LogP contribution in [0.4, 0.5) is 10.2 Å². The lowest BCUT2D eigenvalue weighted by Crippen LogP contribution is -2.33. The van der Waals surface area contributed by atoms with Gasteiger partial charge in [-0.25, -0.2) is 18.6 Å². The Morgan fingerprint density at radius 1 is 1.00 bits per heavy atom. The summed E-state index contributed by atoms with van der Waals surface area (Å²) in [6.07, 6.45) is 9.64. The van der Waals surface area contributed by atoms with E-state index in [0.29, 0.717) is 12.1 Å². The van der Waals surface area contributed by atoms with Crippen molar-refractivity contribution in [2.24, 2.45) is 5.73 Å². The van der Waals surface area contributed by atoms with Crippen molar-refractivity contribution < 1.29 is 4.39 Å². The van der Waals surface area contributed by atoms with Crippen molar-refractivity contribution in [3.05, 3.63) is 60.8 Å². The van der Waals surface area contributed by atoms with E-state index >= 15 is 0 Å². The van der Waals surface area contributed by atoms with Crippen LogP contribution < -0.4 is 11.1 Å². The van der Waals surface area contributed by atoms with Crippen molar-refractivity contribution in [3.8, 4) is 16.9 Å². The molecule has 0 aliphatic heterocycles. The first-order chi connectivity index (χ1) is 14.2. The Morgan fingerprint density at radius 3 is 2.59 bits per heavy atom. The highest BCUT2D eigenvalue weighted by Gasteiger charge is 2.19. The molecule has 0 bridgehead atoms. The van der Waals surface area contributed by atoms with Gasteiger partial charge >= 0.3 is 0 Å². The van der Waals surface area contributed by atoms with E-state index in [0.717, 1.165) is 54.1 Å². The molecule has 0 radical (unpaired) electrons. The van der Waals surface area contributed by atoms with E-state index in [1.807, 2.05) is 22.8 Å². The molecule has 4 aromatic rings. The molecule has 3 heterocycles. The number of halogens is 1. The number of hydrogen-bond acceptors (Lipinski definition) is 5. The third-order valence-corrected chi connectivity index (χ3v) is 5.46. The molecule has 8 heteroatoms. The number of benzene rings is 1. The molecule has 1 aromatic carbocycles. The van der Waals surface area contributed by atoms with Crippen LogP contribution in [0, 0.1) is 5.82 Å². The van der Waals surface area contributed by atoms with Gasteiger partial charge in [-0.1, -0.05) is 0 Å². The van der Waals surface area contributed by atoms with E-state index in [4.69, 9.17) is 10.8 Å². The van der Waals surface area contributed by atoms with Gasteiger partial charge in [-0.05, 0) is 62.1 Å². The lowest BCUT2D eigenvalue weighted by Gasteiger charge is -2.27. The number of hydrogen-bond donors (Lipinski definition) is 2. The van der Waals surface area contributed by atoms with Crippen LogP contribution in [0.5, 0.6) is 0 Å². The van der Waals surface area contributed by atoms with Gasteiger partial charge in [0.05, 0.1) is 23.8 Å². The first kappa shape index (κ1) is 17.8. The number of anilines is 1. The van der Waals surface area contributed by atoms with Crippen LogP contribution in [0.2, 0.25) is 0 Å². The molecule has 1 aliphatic carbocycles. The second-order valence-electron chi connectivity index (χ2n) is 7.54. The molecule has 0 unspecified atom stereocenters. The minimum atomic E-state index is -0.271.